The fourth-order valence-electron chi connectivity index (χ4n) is 4.64. The Kier molecular flexibility index (Phi) is 28.3. The molecule has 0 heterocycles. The number of aliphatic hydroxyl groups excluding tert-OH is 4. The molecule has 4 N–H and O–H groups in total. The van der Waals surface area contributed by atoms with Crippen molar-refractivity contribution in [2.24, 2.45) is 10.8 Å². The highest BCUT2D eigenvalue weighted by molar-refractivity contribution is 7.99. The average molecular weight is 579 g/mol. The Morgan fingerprint density at radius 1 is 0.436 bits per heavy atom. The SMILES string of the molecule is CCCCCCCCCCCOCC(CO)(CO)CSCC(CO)(CO)COCCCCCCCCCCC. The lowest BCUT2D eigenvalue weighted by molar-refractivity contribution is -0.0171. The van der Waals surface area contributed by atoms with Gasteiger partial charge in [-0.1, -0.05) is 117 Å². The molecule has 6 nitrogen and oxygen atoms in total. The summed E-state index contributed by atoms with van der Waals surface area (Å²) in [6.07, 6.45) is 22.7. The lowest BCUT2D eigenvalue weighted by Gasteiger charge is -2.33. The van der Waals surface area contributed by atoms with Gasteiger partial charge in [0.2, 0.25) is 0 Å². The number of rotatable bonds is 32. The van der Waals surface area contributed by atoms with Crippen LogP contribution in [0.1, 0.15) is 129 Å². The number of thioether (sulfide) groups is 1. The zero-order chi connectivity index (χ0) is 28.9. The summed E-state index contributed by atoms with van der Waals surface area (Å²) in [4.78, 5) is 0. The third-order valence-electron chi connectivity index (χ3n) is 7.76. The molecular weight excluding hydrogens is 512 g/mol. The molecule has 0 aliphatic carbocycles. The van der Waals surface area contributed by atoms with E-state index in [0.717, 1.165) is 25.7 Å². The smallest absolute Gasteiger partial charge is 0.0574 e. The Bertz CT molecular complexity index is 443. The first kappa shape index (κ1) is 39.1. The fraction of sp³-hybridized carbons (Fsp3) is 1.00. The van der Waals surface area contributed by atoms with E-state index in [2.05, 4.69) is 13.8 Å². The molecule has 0 atom stereocenters. The number of hydrogen-bond acceptors (Lipinski definition) is 7. The van der Waals surface area contributed by atoms with Gasteiger partial charge in [0.25, 0.3) is 0 Å². The number of aliphatic hydroxyl groups is 4. The van der Waals surface area contributed by atoms with Gasteiger partial charge >= 0.3 is 0 Å². The molecule has 236 valence electrons. The number of unbranched alkanes of at least 4 members (excludes halogenated alkanes) is 16. The van der Waals surface area contributed by atoms with Gasteiger partial charge in [0.15, 0.2) is 0 Å². The molecule has 0 fully saturated rings. The van der Waals surface area contributed by atoms with Crippen LogP contribution >= 0.6 is 11.8 Å². The summed E-state index contributed by atoms with van der Waals surface area (Å²) in [5, 5.41) is 40.1. The van der Waals surface area contributed by atoms with E-state index in [1.54, 1.807) is 0 Å². The van der Waals surface area contributed by atoms with Gasteiger partial charge in [-0.15, -0.1) is 0 Å². The Hall–Kier alpha value is 0.110. The first-order chi connectivity index (χ1) is 19.1. The molecule has 39 heavy (non-hydrogen) atoms. The van der Waals surface area contributed by atoms with Gasteiger partial charge in [0.1, 0.15) is 0 Å². The van der Waals surface area contributed by atoms with Gasteiger partial charge in [-0.05, 0) is 12.8 Å². The van der Waals surface area contributed by atoms with Crippen molar-refractivity contribution < 1.29 is 29.9 Å². The van der Waals surface area contributed by atoms with Crippen molar-refractivity contribution in [3.05, 3.63) is 0 Å². The first-order valence-corrected chi connectivity index (χ1v) is 17.4. The van der Waals surface area contributed by atoms with Crippen LogP contribution < -0.4 is 0 Å². The maximum Gasteiger partial charge on any atom is 0.0574 e. The second kappa shape index (κ2) is 28.2. The molecule has 0 saturated carbocycles. The highest BCUT2D eigenvalue weighted by Crippen LogP contribution is 2.29. The van der Waals surface area contributed by atoms with Crippen molar-refractivity contribution in [3.8, 4) is 0 Å². The normalized spacial score (nSPS) is 12.5. The molecule has 0 amide bonds. The fourth-order valence-corrected chi connectivity index (χ4v) is 6.14. The topological polar surface area (TPSA) is 99.4 Å². The molecule has 0 bridgehead atoms. The molecule has 0 aliphatic rings. The predicted molar refractivity (Wildman–Crippen MR) is 167 cm³/mol. The lowest BCUT2D eigenvalue weighted by atomic mass is 9.93. The van der Waals surface area contributed by atoms with Gasteiger partial charge in [0.05, 0.1) is 39.6 Å². The van der Waals surface area contributed by atoms with Gasteiger partial charge in [-0.3, -0.25) is 0 Å². The molecule has 0 aromatic carbocycles. The minimum absolute atomic E-state index is 0.158. The van der Waals surface area contributed by atoms with Crippen molar-refractivity contribution in [3.63, 3.8) is 0 Å². The molecule has 0 saturated heterocycles. The molecule has 0 aromatic heterocycles. The van der Waals surface area contributed by atoms with E-state index >= 15 is 0 Å². The van der Waals surface area contributed by atoms with Crippen LogP contribution in [-0.4, -0.2) is 84.8 Å². The van der Waals surface area contributed by atoms with Gasteiger partial charge in [-0.2, -0.15) is 11.8 Å². The highest BCUT2D eigenvalue weighted by atomic mass is 32.2. The summed E-state index contributed by atoms with van der Waals surface area (Å²) in [5.74, 6) is 0.996. The molecular formula is C32H66O6S. The number of hydrogen-bond donors (Lipinski definition) is 4. The standard InChI is InChI=1S/C32H66O6S/c1-3-5-7-9-11-13-15-17-19-21-37-27-31(23-33,24-34)29-39-30-32(25-35,26-36)28-38-22-20-18-16-14-12-10-8-6-4-2/h33-36H,3-30H2,1-2H3. The van der Waals surface area contributed by atoms with E-state index in [1.165, 1.54) is 102 Å². The monoisotopic (exact) mass is 578 g/mol. The van der Waals surface area contributed by atoms with E-state index in [1.807, 2.05) is 0 Å². The minimum atomic E-state index is -0.724. The van der Waals surface area contributed by atoms with Crippen molar-refractivity contribution in [2.75, 3.05) is 64.4 Å². The third kappa shape index (κ3) is 21.5. The van der Waals surface area contributed by atoms with Crippen LogP contribution in [0.15, 0.2) is 0 Å². The van der Waals surface area contributed by atoms with Crippen LogP contribution in [0.2, 0.25) is 0 Å². The maximum absolute atomic E-state index is 10.0. The lowest BCUT2D eigenvalue weighted by Crippen LogP contribution is -2.41. The van der Waals surface area contributed by atoms with Crippen molar-refractivity contribution in [1.82, 2.24) is 0 Å². The quantitative estimate of drug-likeness (QED) is 0.0655. The Morgan fingerprint density at radius 2 is 0.718 bits per heavy atom. The van der Waals surface area contributed by atoms with E-state index in [4.69, 9.17) is 9.47 Å². The van der Waals surface area contributed by atoms with E-state index in [-0.39, 0.29) is 26.4 Å². The summed E-state index contributed by atoms with van der Waals surface area (Å²) >= 11 is 1.53. The summed E-state index contributed by atoms with van der Waals surface area (Å²) in [6, 6.07) is 0. The van der Waals surface area contributed by atoms with E-state index in [0.29, 0.717) is 37.9 Å². The zero-order valence-corrected chi connectivity index (χ0v) is 26.6. The molecule has 0 spiro atoms. The van der Waals surface area contributed by atoms with Crippen LogP contribution in [0, 0.1) is 10.8 Å². The van der Waals surface area contributed by atoms with Crippen LogP contribution in [0.25, 0.3) is 0 Å². The third-order valence-corrected chi connectivity index (χ3v) is 9.39. The molecule has 0 rings (SSSR count). The Labute approximate surface area is 246 Å². The molecule has 0 unspecified atom stereocenters. The zero-order valence-electron chi connectivity index (χ0n) is 25.8. The van der Waals surface area contributed by atoms with Crippen LogP contribution in [-0.2, 0) is 9.47 Å². The van der Waals surface area contributed by atoms with Crippen molar-refractivity contribution in [2.45, 2.75) is 129 Å². The first-order valence-electron chi connectivity index (χ1n) is 16.2. The molecule has 0 aromatic rings. The second-order valence-electron chi connectivity index (χ2n) is 11.9. The second-order valence-corrected chi connectivity index (χ2v) is 12.9. The molecule has 0 radical (unpaired) electrons. The molecule has 0 aliphatic heterocycles. The summed E-state index contributed by atoms with van der Waals surface area (Å²) in [6.45, 7) is 5.77. The average Bonchev–Trinajstić information content (AvgIpc) is 2.97. The van der Waals surface area contributed by atoms with E-state index in [9.17, 15) is 20.4 Å². The van der Waals surface area contributed by atoms with Crippen molar-refractivity contribution in [1.29, 1.82) is 0 Å². The van der Waals surface area contributed by atoms with Crippen molar-refractivity contribution >= 4 is 11.8 Å². The van der Waals surface area contributed by atoms with Gasteiger partial charge < -0.3 is 29.9 Å². The summed E-state index contributed by atoms with van der Waals surface area (Å²) in [5.41, 5.74) is -1.45. The minimum Gasteiger partial charge on any atom is -0.396 e. The molecule has 7 heteroatoms. The number of ether oxygens (including phenoxy) is 2. The van der Waals surface area contributed by atoms with Crippen LogP contribution in [0.3, 0.4) is 0 Å². The van der Waals surface area contributed by atoms with E-state index < -0.39 is 10.8 Å². The highest BCUT2D eigenvalue weighted by Gasteiger charge is 2.33. The summed E-state index contributed by atoms with van der Waals surface area (Å²) < 4.78 is 11.7. The maximum atomic E-state index is 10.0. The van der Waals surface area contributed by atoms with Gasteiger partial charge in [-0.25, -0.2) is 0 Å². The predicted octanol–water partition coefficient (Wildman–Crippen LogP) is 6.76. The van der Waals surface area contributed by atoms with Gasteiger partial charge in [0, 0.05) is 35.5 Å². The van der Waals surface area contributed by atoms with Crippen LogP contribution in [0.4, 0.5) is 0 Å². The largest absolute Gasteiger partial charge is 0.396 e. The van der Waals surface area contributed by atoms with Crippen LogP contribution in [0.5, 0.6) is 0 Å². The summed E-state index contributed by atoms with van der Waals surface area (Å²) in [7, 11) is 0. The Morgan fingerprint density at radius 3 is 1.00 bits per heavy atom. The Balaban J connectivity index is 4.12.